The van der Waals surface area contributed by atoms with Crippen LogP contribution in [0.25, 0.3) is 0 Å². The average Bonchev–Trinajstić information content (AvgIpc) is 2.57. The van der Waals surface area contributed by atoms with Crippen LogP contribution < -0.4 is 5.32 Å². The molecule has 0 bridgehead atoms. The van der Waals surface area contributed by atoms with Crippen LogP contribution in [0.15, 0.2) is 30.3 Å². The highest BCUT2D eigenvalue weighted by Crippen LogP contribution is 2.40. The van der Waals surface area contributed by atoms with E-state index in [-0.39, 0.29) is 0 Å². The third-order valence-corrected chi connectivity index (χ3v) is 6.63. The molecule has 3 heteroatoms. The highest BCUT2D eigenvalue weighted by Gasteiger charge is 2.36. The lowest BCUT2D eigenvalue weighted by Crippen LogP contribution is -2.51. The Hall–Kier alpha value is -0.510. The molecule has 2 nitrogen and oxygen atoms in total. The first kappa shape index (κ1) is 15.4. The molecular weight excluding hydrogens is 276 g/mol. The maximum absolute atomic E-state index is 3.58. The number of hydrogen-bond acceptors (Lipinski definition) is 3. The van der Waals surface area contributed by atoms with Crippen LogP contribution in [0.4, 0.5) is 0 Å². The van der Waals surface area contributed by atoms with Crippen molar-refractivity contribution in [1.29, 1.82) is 0 Å². The van der Waals surface area contributed by atoms with E-state index in [0.717, 1.165) is 13.1 Å². The van der Waals surface area contributed by atoms with E-state index in [9.17, 15) is 0 Å². The van der Waals surface area contributed by atoms with Crippen molar-refractivity contribution < 1.29 is 0 Å². The highest BCUT2D eigenvalue weighted by molar-refractivity contribution is 8.00. The highest BCUT2D eigenvalue weighted by atomic mass is 32.2. The van der Waals surface area contributed by atoms with Gasteiger partial charge in [0.25, 0.3) is 0 Å². The van der Waals surface area contributed by atoms with Gasteiger partial charge in [-0.15, -0.1) is 0 Å². The van der Waals surface area contributed by atoms with Gasteiger partial charge in [-0.25, -0.2) is 0 Å². The Morgan fingerprint density at radius 1 is 1.19 bits per heavy atom. The fraction of sp³-hybridized carbons (Fsp3) is 0.667. The van der Waals surface area contributed by atoms with Gasteiger partial charge in [0.2, 0.25) is 0 Å². The number of piperazine rings is 1. The van der Waals surface area contributed by atoms with Gasteiger partial charge in [-0.3, -0.25) is 4.90 Å². The van der Waals surface area contributed by atoms with Gasteiger partial charge in [0, 0.05) is 37.0 Å². The molecule has 1 atom stereocenters. The molecule has 2 fully saturated rings. The van der Waals surface area contributed by atoms with E-state index in [1.807, 2.05) is 0 Å². The number of thioether (sulfide) groups is 1. The van der Waals surface area contributed by atoms with E-state index < -0.39 is 0 Å². The Balaban J connectivity index is 1.75. The molecule has 21 heavy (non-hydrogen) atoms. The van der Waals surface area contributed by atoms with Crippen molar-refractivity contribution in [2.45, 2.75) is 42.9 Å². The van der Waals surface area contributed by atoms with Crippen LogP contribution in [0.5, 0.6) is 0 Å². The third kappa shape index (κ3) is 3.64. The summed E-state index contributed by atoms with van der Waals surface area (Å²) in [4.78, 5) is 2.74. The van der Waals surface area contributed by atoms with Gasteiger partial charge in [0.15, 0.2) is 0 Å². The van der Waals surface area contributed by atoms with Crippen molar-refractivity contribution in [3.63, 3.8) is 0 Å². The summed E-state index contributed by atoms with van der Waals surface area (Å²) in [6.07, 6.45) is 9.40. The Morgan fingerprint density at radius 2 is 1.95 bits per heavy atom. The summed E-state index contributed by atoms with van der Waals surface area (Å²) in [5, 5.41) is 3.58. The van der Waals surface area contributed by atoms with Crippen molar-refractivity contribution >= 4 is 11.8 Å². The van der Waals surface area contributed by atoms with Gasteiger partial charge in [0.05, 0.1) is 0 Å². The summed E-state index contributed by atoms with van der Waals surface area (Å²) in [6, 6.07) is 11.6. The number of nitrogens with one attached hydrogen (secondary N) is 1. The number of nitrogens with zero attached hydrogens (tertiary/aromatic N) is 1. The third-order valence-electron chi connectivity index (χ3n) is 5.23. The summed E-state index contributed by atoms with van der Waals surface area (Å²) >= 11 is 2.12. The van der Waals surface area contributed by atoms with Crippen molar-refractivity contribution in [2.24, 2.45) is 0 Å². The first-order valence-corrected chi connectivity index (χ1v) is 9.60. The standard InChI is InChI=1S/C18H28N2S/c1-21-18(10-6-3-7-11-18)15-20-13-12-19-14-17(20)16-8-4-2-5-9-16/h2,4-5,8-9,17,19H,3,6-7,10-15H2,1H3. The first-order chi connectivity index (χ1) is 10.3. The van der Waals surface area contributed by atoms with Gasteiger partial charge >= 0.3 is 0 Å². The lowest BCUT2D eigenvalue weighted by atomic mass is 9.87. The monoisotopic (exact) mass is 304 g/mol. The molecule has 3 rings (SSSR count). The summed E-state index contributed by atoms with van der Waals surface area (Å²) in [7, 11) is 0. The second kappa shape index (κ2) is 7.17. The lowest BCUT2D eigenvalue weighted by molar-refractivity contribution is 0.135. The zero-order valence-electron chi connectivity index (χ0n) is 13.2. The number of rotatable bonds is 4. The van der Waals surface area contributed by atoms with E-state index in [1.54, 1.807) is 0 Å². The predicted octanol–water partition coefficient (Wildman–Crippen LogP) is 3.70. The minimum absolute atomic E-state index is 0.503. The molecule has 2 aliphatic rings. The Labute approximate surface area is 133 Å². The van der Waals surface area contributed by atoms with Gasteiger partial charge < -0.3 is 5.32 Å². The summed E-state index contributed by atoms with van der Waals surface area (Å²) < 4.78 is 0.503. The largest absolute Gasteiger partial charge is 0.314 e. The van der Waals surface area contributed by atoms with E-state index in [0.29, 0.717) is 10.8 Å². The molecule has 1 heterocycles. The van der Waals surface area contributed by atoms with Crippen molar-refractivity contribution in [3.05, 3.63) is 35.9 Å². The molecule has 116 valence electrons. The molecule has 0 aromatic heterocycles. The molecule has 1 aromatic rings. The summed E-state index contributed by atoms with van der Waals surface area (Å²) in [5.74, 6) is 0. The molecule has 0 radical (unpaired) electrons. The van der Waals surface area contributed by atoms with Gasteiger partial charge in [-0.1, -0.05) is 49.6 Å². The molecule has 0 amide bonds. The van der Waals surface area contributed by atoms with Crippen molar-refractivity contribution in [3.8, 4) is 0 Å². The molecule has 1 saturated heterocycles. The molecule has 1 aromatic carbocycles. The Morgan fingerprint density at radius 3 is 2.67 bits per heavy atom. The predicted molar refractivity (Wildman–Crippen MR) is 93.0 cm³/mol. The maximum Gasteiger partial charge on any atom is 0.0473 e. The Kier molecular flexibility index (Phi) is 5.25. The van der Waals surface area contributed by atoms with Crippen molar-refractivity contribution in [1.82, 2.24) is 10.2 Å². The fourth-order valence-corrected chi connectivity index (χ4v) is 4.92. The number of benzene rings is 1. The van der Waals surface area contributed by atoms with E-state index in [1.165, 1.54) is 50.8 Å². The maximum atomic E-state index is 3.58. The van der Waals surface area contributed by atoms with Gasteiger partial charge in [-0.05, 0) is 24.7 Å². The smallest absolute Gasteiger partial charge is 0.0473 e. The normalized spacial score (nSPS) is 26.6. The van der Waals surface area contributed by atoms with Crippen LogP contribution in [0, 0.1) is 0 Å². The second-order valence-corrected chi connectivity index (χ2v) is 7.82. The van der Waals surface area contributed by atoms with Crippen LogP contribution in [0.1, 0.15) is 43.7 Å². The Bertz CT molecular complexity index is 428. The topological polar surface area (TPSA) is 15.3 Å². The van der Waals surface area contributed by atoms with Crippen LogP contribution >= 0.6 is 11.8 Å². The minimum Gasteiger partial charge on any atom is -0.314 e. The molecule has 0 spiro atoms. The lowest BCUT2D eigenvalue weighted by Gasteiger charge is -2.44. The molecule has 1 saturated carbocycles. The quantitative estimate of drug-likeness (QED) is 0.913. The molecule has 1 unspecified atom stereocenters. The SMILES string of the molecule is CSC1(CN2CCNCC2c2ccccc2)CCCCC1. The van der Waals surface area contributed by atoms with Crippen LogP contribution in [-0.4, -0.2) is 42.1 Å². The van der Waals surface area contributed by atoms with Crippen LogP contribution in [0.3, 0.4) is 0 Å². The van der Waals surface area contributed by atoms with E-state index in [4.69, 9.17) is 0 Å². The second-order valence-electron chi connectivity index (χ2n) is 6.55. The summed E-state index contributed by atoms with van der Waals surface area (Å²) in [5.41, 5.74) is 1.47. The number of hydrogen-bond donors (Lipinski definition) is 1. The summed E-state index contributed by atoms with van der Waals surface area (Å²) in [6.45, 7) is 4.67. The molecule has 1 aliphatic heterocycles. The van der Waals surface area contributed by atoms with E-state index >= 15 is 0 Å². The minimum atomic E-state index is 0.503. The molecular formula is C18H28N2S. The van der Waals surface area contributed by atoms with Gasteiger partial charge in [-0.2, -0.15) is 11.8 Å². The zero-order valence-corrected chi connectivity index (χ0v) is 14.0. The van der Waals surface area contributed by atoms with E-state index in [2.05, 4.69) is 58.6 Å². The van der Waals surface area contributed by atoms with Crippen LogP contribution in [-0.2, 0) is 0 Å². The average molecular weight is 305 g/mol. The van der Waals surface area contributed by atoms with Gasteiger partial charge in [0.1, 0.15) is 0 Å². The van der Waals surface area contributed by atoms with Crippen molar-refractivity contribution in [2.75, 3.05) is 32.4 Å². The first-order valence-electron chi connectivity index (χ1n) is 8.38. The molecule has 1 N–H and O–H groups in total. The zero-order chi connectivity index (χ0) is 14.5. The van der Waals surface area contributed by atoms with Crippen LogP contribution in [0.2, 0.25) is 0 Å². The molecule has 1 aliphatic carbocycles. The fourth-order valence-electron chi connectivity index (χ4n) is 3.93.